The summed E-state index contributed by atoms with van der Waals surface area (Å²) >= 11 is 0. The van der Waals surface area contributed by atoms with E-state index in [0.29, 0.717) is 0 Å². The molecule has 0 heterocycles. The largest absolute Gasteiger partial charge is 0.0917 e. The van der Waals surface area contributed by atoms with Gasteiger partial charge in [-0.3, -0.25) is 0 Å². The summed E-state index contributed by atoms with van der Waals surface area (Å²) in [4.78, 5) is 0. The Bertz CT molecular complexity index is 103. The van der Waals surface area contributed by atoms with Gasteiger partial charge in [0.2, 0.25) is 0 Å². The predicted molar refractivity (Wildman–Crippen MR) is 54.8 cm³/mol. The molecule has 0 unspecified atom stereocenters. The predicted octanol–water partition coefficient (Wildman–Crippen LogP) is 4.34. The van der Waals surface area contributed by atoms with Crippen molar-refractivity contribution in [1.29, 1.82) is 0 Å². The van der Waals surface area contributed by atoms with Crippen LogP contribution in [0.1, 0.15) is 47.5 Å². The molecule has 0 aliphatic carbocycles. The molecule has 0 saturated heterocycles. The van der Waals surface area contributed by atoms with E-state index in [9.17, 15) is 0 Å². The third-order valence-electron chi connectivity index (χ3n) is 1.08. The van der Waals surface area contributed by atoms with Crippen molar-refractivity contribution in [3.8, 4) is 0 Å². The lowest BCUT2D eigenvalue weighted by molar-refractivity contribution is 1.18. The molecule has 0 aromatic heterocycles. The Morgan fingerprint density at radius 3 is 1.64 bits per heavy atom. The van der Waals surface area contributed by atoms with Gasteiger partial charge in [-0.15, -0.1) is 0 Å². The number of hydrogen-bond donors (Lipinski definition) is 0. The molecule has 0 aromatic carbocycles. The van der Waals surface area contributed by atoms with Crippen LogP contribution >= 0.6 is 0 Å². The van der Waals surface area contributed by atoms with Crippen LogP contribution < -0.4 is 0 Å². The Morgan fingerprint density at radius 1 is 1.09 bits per heavy atom. The van der Waals surface area contributed by atoms with Crippen molar-refractivity contribution < 1.29 is 0 Å². The fourth-order valence-corrected chi connectivity index (χ4v) is 0.644. The van der Waals surface area contributed by atoms with E-state index in [4.69, 9.17) is 0 Å². The van der Waals surface area contributed by atoms with Crippen LogP contribution in [-0.4, -0.2) is 0 Å². The highest BCUT2D eigenvalue weighted by Crippen LogP contribution is 1.89. The molecule has 0 heteroatoms. The Hall–Kier alpha value is -0.520. The van der Waals surface area contributed by atoms with Gasteiger partial charge in [0.05, 0.1) is 0 Å². The molecule has 0 rings (SSSR count). The van der Waals surface area contributed by atoms with Gasteiger partial charge in [0.25, 0.3) is 0 Å². The summed E-state index contributed by atoms with van der Waals surface area (Å²) in [6, 6.07) is 0. The molecule has 0 spiro atoms. The molecule has 11 heavy (non-hydrogen) atoms. The van der Waals surface area contributed by atoms with Gasteiger partial charge < -0.3 is 0 Å². The zero-order valence-corrected chi connectivity index (χ0v) is 8.65. The maximum atomic E-state index is 2.21. The first-order chi connectivity index (χ1) is 5.18. The summed E-state index contributed by atoms with van der Waals surface area (Å²) in [5, 5.41) is 0. The summed E-state index contributed by atoms with van der Waals surface area (Å²) in [6.45, 7) is 10.5. The third-order valence-corrected chi connectivity index (χ3v) is 1.08. The minimum Gasteiger partial charge on any atom is -0.0917 e. The molecular formula is C11H22. The van der Waals surface area contributed by atoms with Crippen molar-refractivity contribution in [1.82, 2.24) is 0 Å². The molecule has 0 nitrogen and oxygen atoms in total. The van der Waals surface area contributed by atoms with Gasteiger partial charge in [-0.25, -0.2) is 0 Å². The van der Waals surface area contributed by atoms with E-state index in [2.05, 4.69) is 45.9 Å². The van der Waals surface area contributed by atoms with Crippen LogP contribution in [0, 0.1) is 0 Å². The second-order valence-corrected chi connectivity index (χ2v) is 2.67. The quantitative estimate of drug-likeness (QED) is 0.519. The standard InChI is InChI=1S/C6H12.C5H10/c1-4-5-6(2)3;1-3-5-4-2/h5H,4H2,1-3H3;3,5H,4H2,1-2H3. The van der Waals surface area contributed by atoms with Crippen LogP contribution in [0.3, 0.4) is 0 Å². The van der Waals surface area contributed by atoms with E-state index in [1.165, 1.54) is 12.0 Å². The van der Waals surface area contributed by atoms with E-state index < -0.39 is 0 Å². The molecule has 0 N–H and O–H groups in total. The molecule has 0 fully saturated rings. The molecule has 66 valence electrons. The average molecular weight is 154 g/mol. The highest BCUT2D eigenvalue weighted by Gasteiger charge is 1.67. The van der Waals surface area contributed by atoms with Gasteiger partial charge in [0, 0.05) is 0 Å². The van der Waals surface area contributed by atoms with Crippen molar-refractivity contribution in [3.63, 3.8) is 0 Å². The van der Waals surface area contributed by atoms with E-state index in [1.54, 1.807) is 0 Å². The first-order valence-corrected chi connectivity index (χ1v) is 4.43. The van der Waals surface area contributed by atoms with Crippen molar-refractivity contribution in [2.45, 2.75) is 47.5 Å². The lowest BCUT2D eigenvalue weighted by atomic mass is 10.3. The molecule has 0 bridgehead atoms. The smallest absolute Gasteiger partial charge is 0.0377 e. The second-order valence-electron chi connectivity index (χ2n) is 2.67. The summed E-state index contributed by atoms with van der Waals surface area (Å²) in [5.41, 5.74) is 1.41. The van der Waals surface area contributed by atoms with Crippen LogP contribution in [0.4, 0.5) is 0 Å². The van der Waals surface area contributed by atoms with Gasteiger partial charge in [0.1, 0.15) is 0 Å². The fraction of sp³-hybridized carbons (Fsp3) is 0.636. The van der Waals surface area contributed by atoms with Gasteiger partial charge in [-0.1, -0.05) is 37.6 Å². The summed E-state index contributed by atoms with van der Waals surface area (Å²) in [5.74, 6) is 0. The fourth-order valence-electron chi connectivity index (χ4n) is 0.644. The van der Waals surface area contributed by atoms with Crippen LogP contribution in [0.15, 0.2) is 23.8 Å². The zero-order valence-electron chi connectivity index (χ0n) is 8.65. The lowest BCUT2D eigenvalue weighted by Gasteiger charge is -1.80. The van der Waals surface area contributed by atoms with Crippen LogP contribution in [0.25, 0.3) is 0 Å². The second kappa shape index (κ2) is 12.2. The molecule has 0 aliphatic rings. The van der Waals surface area contributed by atoms with Crippen molar-refractivity contribution in [2.75, 3.05) is 0 Å². The highest BCUT2D eigenvalue weighted by atomic mass is 13.7. The van der Waals surface area contributed by atoms with E-state index >= 15 is 0 Å². The molecule has 0 aliphatic heterocycles. The minimum absolute atomic E-state index is 1.16. The van der Waals surface area contributed by atoms with E-state index in [-0.39, 0.29) is 0 Å². The van der Waals surface area contributed by atoms with Gasteiger partial charge >= 0.3 is 0 Å². The summed E-state index contributed by atoms with van der Waals surface area (Å²) in [7, 11) is 0. The Kier molecular flexibility index (Phi) is 14.5. The molecule has 0 aromatic rings. The number of rotatable bonds is 2. The van der Waals surface area contributed by atoms with E-state index in [0.717, 1.165) is 6.42 Å². The molecule has 0 amide bonds. The minimum atomic E-state index is 1.16. The summed E-state index contributed by atoms with van der Waals surface area (Å²) < 4.78 is 0. The lowest BCUT2D eigenvalue weighted by Crippen LogP contribution is -1.58. The molecule has 0 atom stereocenters. The molecule has 0 radical (unpaired) electrons. The molecular weight excluding hydrogens is 132 g/mol. The maximum absolute atomic E-state index is 2.21. The van der Waals surface area contributed by atoms with Crippen LogP contribution in [0.2, 0.25) is 0 Å². The highest BCUT2D eigenvalue weighted by molar-refractivity contribution is 4.91. The first kappa shape index (κ1) is 13.1. The van der Waals surface area contributed by atoms with Crippen molar-refractivity contribution in [2.24, 2.45) is 0 Å². The van der Waals surface area contributed by atoms with Crippen molar-refractivity contribution in [3.05, 3.63) is 23.8 Å². The SMILES string of the molecule is CC=CCC.CCC=C(C)C. The zero-order chi connectivity index (χ0) is 9.11. The first-order valence-electron chi connectivity index (χ1n) is 4.43. The maximum Gasteiger partial charge on any atom is -0.0377 e. The van der Waals surface area contributed by atoms with Crippen molar-refractivity contribution >= 4 is 0 Å². The Labute approximate surface area is 72.0 Å². The number of allylic oxidation sites excluding steroid dienone is 4. The van der Waals surface area contributed by atoms with Gasteiger partial charge in [0.15, 0.2) is 0 Å². The van der Waals surface area contributed by atoms with Crippen LogP contribution in [-0.2, 0) is 0 Å². The monoisotopic (exact) mass is 154 g/mol. The number of hydrogen-bond acceptors (Lipinski definition) is 0. The Balaban J connectivity index is 0. The van der Waals surface area contributed by atoms with Gasteiger partial charge in [-0.05, 0) is 33.6 Å². The molecule has 0 saturated carbocycles. The van der Waals surface area contributed by atoms with Gasteiger partial charge in [-0.2, -0.15) is 0 Å². The third kappa shape index (κ3) is 26.4. The summed E-state index contributed by atoms with van der Waals surface area (Å²) in [6.07, 6.45) is 8.72. The normalized spacial score (nSPS) is 8.82. The Morgan fingerprint density at radius 2 is 1.64 bits per heavy atom. The van der Waals surface area contributed by atoms with Crippen LogP contribution in [0.5, 0.6) is 0 Å². The van der Waals surface area contributed by atoms with E-state index in [1.807, 2.05) is 6.92 Å². The average Bonchev–Trinajstić information content (AvgIpc) is 1.90. The topological polar surface area (TPSA) is 0 Å².